The van der Waals surface area contributed by atoms with Crippen LogP contribution in [0.15, 0.2) is 47.6 Å². The fourth-order valence-electron chi connectivity index (χ4n) is 5.14. The number of nitrogens with one attached hydrogen (secondary N) is 3. The van der Waals surface area contributed by atoms with E-state index in [9.17, 15) is 33.0 Å². The van der Waals surface area contributed by atoms with Crippen LogP contribution >= 0.6 is 0 Å². The Morgan fingerprint density at radius 2 is 1.67 bits per heavy atom. The van der Waals surface area contributed by atoms with Gasteiger partial charge in [0.05, 0.1) is 33.9 Å². The van der Waals surface area contributed by atoms with Gasteiger partial charge in [0, 0.05) is 0 Å². The van der Waals surface area contributed by atoms with Crippen molar-refractivity contribution in [2.24, 2.45) is 0 Å². The summed E-state index contributed by atoms with van der Waals surface area (Å²) in [6, 6.07) is 7.74. The van der Waals surface area contributed by atoms with Gasteiger partial charge in [0.25, 0.3) is 5.91 Å². The number of aromatic nitrogens is 4. The molecule has 0 bridgehead atoms. The Morgan fingerprint density at radius 1 is 0.949 bits per heavy atom. The summed E-state index contributed by atoms with van der Waals surface area (Å²) in [5.74, 6) is -2.81. The zero-order chi connectivity index (χ0) is 27.5. The summed E-state index contributed by atoms with van der Waals surface area (Å²) in [5.41, 5.74) is 2.76. The van der Waals surface area contributed by atoms with Crippen LogP contribution in [0.5, 0.6) is 0 Å². The normalized spacial score (nSPS) is 18.9. The van der Waals surface area contributed by atoms with E-state index in [1.54, 1.807) is 12.1 Å². The van der Waals surface area contributed by atoms with Crippen LogP contribution in [0.1, 0.15) is 66.4 Å². The molecular weight excluding hydrogens is 528 g/mol. The number of hydrogen-bond acceptors (Lipinski definition) is 9. The van der Waals surface area contributed by atoms with Gasteiger partial charge in [-0.25, -0.2) is 28.0 Å². The Balaban J connectivity index is 1.26. The number of rotatable bonds is 6. The molecular formula is C25H20N6O7S. The molecule has 0 radical (unpaired) electrons. The summed E-state index contributed by atoms with van der Waals surface area (Å²) in [7, 11) is -3.73. The molecule has 6 rings (SSSR count). The number of benzene rings is 2. The highest BCUT2D eigenvalue weighted by Crippen LogP contribution is 2.37. The topological polar surface area (TPSA) is 204 Å². The third-order valence-corrected chi connectivity index (χ3v) is 8.80. The van der Waals surface area contributed by atoms with Crippen molar-refractivity contribution in [2.45, 2.75) is 29.8 Å². The van der Waals surface area contributed by atoms with Crippen LogP contribution in [0, 0.1) is 0 Å². The minimum atomic E-state index is -3.73. The number of H-pyrrole nitrogens is 1. The average molecular weight is 549 g/mol. The molecule has 0 saturated heterocycles. The molecule has 2 atom stereocenters. The molecule has 1 unspecified atom stereocenters. The van der Waals surface area contributed by atoms with Gasteiger partial charge in [-0.05, 0) is 53.8 Å². The van der Waals surface area contributed by atoms with Crippen molar-refractivity contribution in [3.63, 3.8) is 0 Å². The second-order valence-electron chi connectivity index (χ2n) is 9.34. The second-order valence-corrected chi connectivity index (χ2v) is 11.3. The van der Waals surface area contributed by atoms with Crippen LogP contribution in [-0.2, 0) is 16.3 Å². The molecule has 2 aromatic heterocycles. The minimum Gasteiger partial charge on any atom is -0.478 e. The van der Waals surface area contributed by atoms with E-state index in [0.717, 1.165) is 17.2 Å². The Hall–Kier alpha value is -4.85. The first-order chi connectivity index (χ1) is 18.6. The molecule has 5 N–H and O–H groups in total. The highest BCUT2D eigenvalue weighted by Gasteiger charge is 2.36. The number of carbonyl (C=O) groups excluding carboxylic acids is 1. The Labute approximate surface area is 220 Å². The third kappa shape index (κ3) is 4.14. The molecule has 0 saturated carbocycles. The van der Waals surface area contributed by atoms with Crippen molar-refractivity contribution < 1.29 is 33.0 Å². The standard InChI is InChI=1S/C25H20N6O7S/c32-23(29-16-6-3-11-7-12(24(33)34)1-4-14(11)16)21-19-20(26-10-27-21)22(31-30-19)28-17-9-39(37,38)18-8-13(25(35)36)2-5-15(17)18/h1-2,4-5,7-8,10,16-17H,3,6,9H2,(H,29,32)(H,33,34)(H,35,36)(H2,28,30,31)/t16-,17?/m0/s1. The van der Waals surface area contributed by atoms with Crippen molar-refractivity contribution in [1.82, 2.24) is 25.5 Å². The molecule has 3 heterocycles. The van der Waals surface area contributed by atoms with Crippen molar-refractivity contribution in [2.75, 3.05) is 11.1 Å². The number of aromatic carboxylic acids is 2. The van der Waals surface area contributed by atoms with E-state index in [1.165, 1.54) is 24.5 Å². The quantitative estimate of drug-likeness (QED) is 0.236. The Morgan fingerprint density at radius 3 is 2.41 bits per heavy atom. The highest BCUT2D eigenvalue weighted by molar-refractivity contribution is 7.91. The number of anilines is 1. The van der Waals surface area contributed by atoms with Crippen molar-refractivity contribution in [3.8, 4) is 0 Å². The Kier molecular flexibility index (Phi) is 5.57. The lowest BCUT2D eigenvalue weighted by Gasteiger charge is -2.14. The van der Waals surface area contributed by atoms with Crippen LogP contribution in [-0.4, -0.2) is 62.4 Å². The van der Waals surface area contributed by atoms with Gasteiger partial charge in [-0.15, -0.1) is 0 Å². The molecule has 1 aliphatic heterocycles. The van der Waals surface area contributed by atoms with E-state index < -0.39 is 33.7 Å². The summed E-state index contributed by atoms with van der Waals surface area (Å²) in [6.07, 6.45) is 2.43. The molecule has 14 heteroatoms. The van der Waals surface area contributed by atoms with Crippen molar-refractivity contribution in [1.29, 1.82) is 0 Å². The molecule has 2 aliphatic rings. The van der Waals surface area contributed by atoms with Gasteiger partial charge in [-0.2, -0.15) is 5.10 Å². The minimum absolute atomic E-state index is 0.0432. The number of carbonyl (C=O) groups is 3. The van der Waals surface area contributed by atoms with Gasteiger partial charge in [-0.1, -0.05) is 12.1 Å². The number of carboxylic acid groups (broad SMARTS) is 2. The SMILES string of the molecule is O=C(O)c1ccc2c(c1)CC[C@@H]2NC(=O)c1ncnc2c(NC3CS(=O)(=O)c4cc(C(=O)O)ccc43)n[nH]c12. The van der Waals surface area contributed by atoms with Gasteiger partial charge < -0.3 is 20.8 Å². The first kappa shape index (κ1) is 24.5. The maximum absolute atomic E-state index is 13.2. The van der Waals surface area contributed by atoms with Crippen LogP contribution in [0.25, 0.3) is 11.0 Å². The summed E-state index contributed by atoms with van der Waals surface area (Å²) in [5, 5.41) is 31.4. The van der Waals surface area contributed by atoms with Crippen LogP contribution in [0.4, 0.5) is 5.82 Å². The second kappa shape index (κ2) is 8.87. The van der Waals surface area contributed by atoms with E-state index in [2.05, 4.69) is 30.8 Å². The van der Waals surface area contributed by atoms with Gasteiger partial charge >= 0.3 is 11.9 Å². The number of sulfone groups is 1. The maximum Gasteiger partial charge on any atom is 0.335 e. The predicted molar refractivity (Wildman–Crippen MR) is 135 cm³/mol. The fraction of sp³-hybridized carbons (Fsp3) is 0.200. The fourth-order valence-corrected chi connectivity index (χ4v) is 6.90. The zero-order valence-corrected chi connectivity index (χ0v) is 20.8. The van der Waals surface area contributed by atoms with Gasteiger partial charge in [-0.3, -0.25) is 9.89 Å². The number of nitrogens with zero attached hydrogens (tertiary/aromatic N) is 3. The number of aromatic amines is 1. The number of hydrogen-bond donors (Lipinski definition) is 5. The lowest BCUT2D eigenvalue weighted by molar-refractivity contribution is 0.0686. The summed E-state index contributed by atoms with van der Waals surface area (Å²) < 4.78 is 25.4. The first-order valence-corrected chi connectivity index (χ1v) is 13.5. The predicted octanol–water partition coefficient (Wildman–Crippen LogP) is 2.11. The van der Waals surface area contributed by atoms with Crippen molar-refractivity contribution in [3.05, 3.63) is 76.2 Å². The smallest absolute Gasteiger partial charge is 0.335 e. The molecule has 0 spiro atoms. The first-order valence-electron chi connectivity index (χ1n) is 11.8. The van der Waals surface area contributed by atoms with Gasteiger partial charge in [0.2, 0.25) is 0 Å². The average Bonchev–Trinajstić information content (AvgIpc) is 3.57. The number of aryl methyl sites for hydroxylation is 1. The molecule has 4 aromatic rings. The van der Waals surface area contributed by atoms with Crippen molar-refractivity contribution >= 4 is 44.5 Å². The van der Waals surface area contributed by atoms with Gasteiger partial charge in [0.15, 0.2) is 21.3 Å². The van der Waals surface area contributed by atoms with E-state index in [1.807, 2.05) is 0 Å². The zero-order valence-electron chi connectivity index (χ0n) is 20.0. The maximum atomic E-state index is 13.2. The molecule has 2 aromatic carbocycles. The van der Waals surface area contributed by atoms with E-state index >= 15 is 0 Å². The molecule has 1 amide bonds. The monoisotopic (exact) mass is 548 g/mol. The van der Waals surface area contributed by atoms with Crippen LogP contribution < -0.4 is 10.6 Å². The highest BCUT2D eigenvalue weighted by atomic mass is 32.2. The lowest BCUT2D eigenvalue weighted by Crippen LogP contribution is -2.28. The largest absolute Gasteiger partial charge is 0.478 e. The Bertz CT molecular complexity index is 1820. The van der Waals surface area contributed by atoms with Crippen LogP contribution in [0.3, 0.4) is 0 Å². The third-order valence-electron chi connectivity index (χ3n) is 7.01. The molecule has 198 valence electrons. The molecule has 13 nitrogen and oxygen atoms in total. The lowest BCUT2D eigenvalue weighted by atomic mass is 10.0. The van der Waals surface area contributed by atoms with E-state index in [0.29, 0.717) is 18.4 Å². The molecule has 0 fully saturated rings. The molecule has 1 aliphatic carbocycles. The summed E-state index contributed by atoms with van der Waals surface area (Å²) >= 11 is 0. The van der Waals surface area contributed by atoms with E-state index in [-0.39, 0.29) is 50.4 Å². The van der Waals surface area contributed by atoms with Crippen LogP contribution in [0.2, 0.25) is 0 Å². The van der Waals surface area contributed by atoms with Gasteiger partial charge in [0.1, 0.15) is 17.4 Å². The van der Waals surface area contributed by atoms with E-state index in [4.69, 9.17) is 0 Å². The summed E-state index contributed by atoms with van der Waals surface area (Å²) in [6.45, 7) is 0. The number of carboxylic acids is 2. The molecule has 39 heavy (non-hydrogen) atoms. The summed E-state index contributed by atoms with van der Waals surface area (Å²) in [4.78, 5) is 44.0. The number of fused-ring (bicyclic) bond motifs is 3. The number of amides is 1.